The van der Waals surface area contributed by atoms with Crippen molar-refractivity contribution in [3.05, 3.63) is 69.7 Å². The molecule has 0 spiro atoms. The molecule has 0 saturated carbocycles. The number of benzene rings is 2. The molecule has 0 saturated heterocycles. The van der Waals surface area contributed by atoms with Gasteiger partial charge in [-0.05, 0) is 42.8 Å². The molecular weight excluding hydrogens is 376 g/mol. The van der Waals surface area contributed by atoms with Crippen LogP contribution in [-0.2, 0) is 11.3 Å². The van der Waals surface area contributed by atoms with E-state index in [2.05, 4.69) is 22.2 Å². The smallest absolute Gasteiger partial charge is 0.279 e. The minimum atomic E-state index is -0.152. The van der Waals surface area contributed by atoms with E-state index < -0.39 is 0 Å². The van der Waals surface area contributed by atoms with Crippen LogP contribution < -0.4 is 15.8 Å². The molecule has 1 unspecified atom stereocenters. The van der Waals surface area contributed by atoms with Crippen molar-refractivity contribution in [3.63, 3.8) is 0 Å². The number of quaternary nitrogens is 1. The van der Waals surface area contributed by atoms with E-state index in [9.17, 15) is 9.59 Å². The molecule has 0 radical (unpaired) electrons. The first-order valence-electron chi connectivity index (χ1n) is 9.42. The van der Waals surface area contributed by atoms with Gasteiger partial charge in [-0.25, -0.2) is 4.98 Å². The molecule has 0 aliphatic heterocycles. The second-order valence-corrected chi connectivity index (χ2v) is 7.23. The van der Waals surface area contributed by atoms with Gasteiger partial charge in [0.1, 0.15) is 6.54 Å². The molecule has 6 nitrogen and oxygen atoms in total. The predicted octanol–water partition coefficient (Wildman–Crippen LogP) is 2.40. The number of carbonyl (C=O) groups is 1. The molecule has 0 aliphatic rings. The average Bonchev–Trinajstić information content (AvgIpc) is 2.68. The summed E-state index contributed by atoms with van der Waals surface area (Å²) in [6, 6.07) is 14.3. The molecule has 0 fully saturated rings. The van der Waals surface area contributed by atoms with Crippen molar-refractivity contribution in [2.24, 2.45) is 0 Å². The minimum Gasteiger partial charge on any atom is -0.321 e. The highest BCUT2D eigenvalue weighted by Crippen LogP contribution is 2.13. The number of carbonyl (C=O) groups excluding carboxylic acids is 1. The second kappa shape index (κ2) is 9.48. The van der Waals surface area contributed by atoms with E-state index in [-0.39, 0.29) is 11.5 Å². The van der Waals surface area contributed by atoms with Gasteiger partial charge in [-0.2, -0.15) is 0 Å². The fraction of sp³-hybridized carbons (Fsp3) is 0.286. The summed E-state index contributed by atoms with van der Waals surface area (Å²) >= 11 is 5.88. The Labute approximate surface area is 168 Å². The van der Waals surface area contributed by atoms with E-state index in [0.29, 0.717) is 40.5 Å². The highest BCUT2D eigenvalue weighted by Gasteiger charge is 2.17. The fourth-order valence-corrected chi connectivity index (χ4v) is 3.21. The van der Waals surface area contributed by atoms with Crippen LogP contribution in [0.15, 0.2) is 53.3 Å². The van der Waals surface area contributed by atoms with Crippen molar-refractivity contribution in [2.75, 3.05) is 18.4 Å². The van der Waals surface area contributed by atoms with E-state index in [1.165, 1.54) is 0 Å². The van der Waals surface area contributed by atoms with Crippen molar-refractivity contribution in [2.45, 2.75) is 26.3 Å². The van der Waals surface area contributed by atoms with Crippen molar-refractivity contribution in [3.8, 4) is 0 Å². The summed E-state index contributed by atoms with van der Waals surface area (Å²) in [7, 11) is 0. The quantitative estimate of drug-likeness (QED) is 0.544. The molecule has 3 aromatic rings. The Balaban J connectivity index is 1.72. The first kappa shape index (κ1) is 20.0. The zero-order valence-corrected chi connectivity index (χ0v) is 16.6. The van der Waals surface area contributed by atoms with Crippen molar-refractivity contribution < 1.29 is 9.69 Å². The SMILES string of the molecule is CCCC[NH+](CC(=O)Nc1ccc(Cl)cc1)Cc1nc2ccccc2c(=O)[nH]1. The molecule has 1 atom stereocenters. The van der Waals surface area contributed by atoms with Gasteiger partial charge in [0.15, 0.2) is 12.4 Å². The standard InChI is InChI=1S/C21H23ClN4O2/c1-2-3-12-26(14-20(27)23-16-10-8-15(22)9-11-16)13-19-24-18-7-5-4-6-17(18)21(28)25-19/h4-11H,2-3,12-14H2,1H3,(H,23,27)(H,24,25,28)/p+1. The number of halogens is 1. The second-order valence-electron chi connectivity index (χ2n) is 6.79. The number of nitrogens with zero attached hydrogens (tertiary/aromatic N) is 1. The molecule has 146 valence electrons. The number of amides is 1. The molecule has 1 heterocycles. The molecule has 0 bridgehead atoms. The zero-order valence-electron chi connectivity index (χ0n) is 15.8. The number of unbranched alkanes of at least 4 members (excludes halogenated alkanes) is 1. The molecule has 1 aromatic heterocycles. The molecule has 3 rings (SSSR count). The average molecular weight is 400 g/mol. The van der Waals surface area contributed by atoms with Crippen molar-refractivity contribution in [1.82, 2.24) is 9.97 Å². The summed E-state index contributed by atoms with van der Waals surface area (Å²) < 4.78 is 0. The van der Waals surface area contributed by atoms with E-state index in [1.54, 1.807) is 30.3 Å². The number of para-hydroxylation sites is 1. The predicted molar refractivity (Wildman–Crippen MR) is 112 cm³/mol. The minimum absolute atomic E-state index is 0.0865. The molecule has 0 aliphatic carbocycles. The summed E-state index contributed by atoms with van der Waals surface area (Å²) in [5.41, 5.74) is 1.23. The third kappa shape index (κ3) is 5.41. The number of anilines is 1. The van der Waals surface area contributed by atoms with Crippen LogP contribution in [0.4, 0.5) is 5.69 Å². The lowest BCUT2D eigenvalue weighted by molar-refractivity contribution is -0.906. The third-order valence-electron chi connectivity index (χ3n) is 4.50. The van der Waals surface area contributed by atoms with Crippen LogP contribution in [0, 0.1) is 0 Å². The van der Waals surface area contributed by atoms with Crippen LogP contribution in [0.25, 0.3) is 10.9 Å². The van der Waals surface area contributed by atoms with Gasteiger partial charge in [0, 0.05) is 10.7 Å². The fourth-order valence-electron chi connectivity index (χ4n) is 3.09. The normalized spacial score (nSPS) is 12.1. The Morgan fingerprint density at radius 3 is 2.68 bits per heavy atom. The molecule has 28 heavy (non-hydrogen) atoms. The van der Waals surface area contributed by atoms with Crippen molar-refractivity contribution >= 4 is 34.1 Å². The Morgan fingerprint density at radius 2 is 1.93 bits per heavy atom. The molecule has 7 heteroatoms. The highest BCUT2D eigenvalue weighted by molar-refractivity contribution is 6.30. The summed E-state index contributed by atoms with van der Waals surface area (Å²) in [4.78, 5) is 33.2. The monoisotopic (exact) mass is 399 g/mol. The van der Waals surface area contributed by atoms with Crippen LogP contribution in [0.3, 0.4) is 0 Å². The molecule has 1 amide bonds. The van der Waals surface area contributed by atoms with Crippen LogP contribution >= 0.6 is 11.6 Å². The van der Waals surface area contributed by atoms with Crippen molar-refractivity contribution in [1.29, 1.82) is 0 Å². The maximum absolute atomic E-state index is 12.5. The largest absolute Gasteiger partial charge is 0.321 e. The van der Waals surface area contributed by atoms with Crippen LogP contribution in [0.1, 0.15) is 25.6 Å². The summed E-state index contributed by atoms with van der Waals surface area (Å²) in [6.07, 6.45) is 2.02. The number of aromatic nitrogens is 2. The van der Waals surface area contributed by atoms with Crippen LogP contribution in [-0.4, -0.2) is 29.0 Å². The van der Waals surface area contributed by atoms with E-state index in [1.807, 2.05) is 18.2 Å². The van der Waals surface area contributed by atoms with Gasteiger partial charge < -0.3 is 15.2 Å². The van der Waals surface area contributed by atoms with Gasteiger partial charge in [0.25, 0.3) is 11.5 Å². The van der Waals surface area contributed by atoms with Gasteiger partial charge in [-0.15, -0.1) is 0 Å². The topological polar surface area (TPSA) is 79.3 Å². The van der Waals surface area contributed by atoms with Gasteiger partial charge in [0.05, 0.1) is 17.4 Å². The number of hydrogen-bond donors (Lipinski definition) is 3. The lowest BCUT2D eigenvalue weighted by Gasteiger charge is -2.18. The highest BCUT2D eigenvalue weighted by atomic mass is 35.5. The number of aromatic amines is 1. The summed E-state index contributed by atoms with van der Waals surface area (Å²) in [5, 5.41) is 4.09. The zero-order chi connectivity index (χ0) is 19.9. The Morgan fingerprint density at radius 1 is 1.18 bits per heavy atom. The number of nitrogens with one attached hydrogen (secondary N) is 3. The van der Waals surface area contributed by atoms with Gasteiger partial charge in [0.2, 0.25) is 0 Å². The number of rotatable bonds is 8. The van der Waals surface area contributed by atoms with Gasteiger partial charge in [-0.3, -0.25) is 9.59 Å². The maximum Gasteiger partial charge on any atom is 0.279 e. The van der Waals surface area contributed by atoms with E-state index >= 15 is 0 Å². The van der Waals surface area contributed by atoms with Crippen LogP contribution in [0.2, 0.25) is 5.02 Å². The number of H-pyrrole nitrogens is 1. The Kier molecular flexibility index (Phi) is 6.79. The molecular formula is C21H24ClN4O2+. The lowest BCUT2D eigenvalue weighted by atomic mass is 10.2. The van der Waals surface area contributed by atoms with E-state index in [4.69, 9.17) is 11.6 Å². The Bertz CT molecular complexity index is 1000. The lowest BCUT2D eigenvalue weighted by Crippen LogP contribution is -3.12. The molecule has 2 aromatic carbocycles. The van der Waals surface area contributed by atoms with Crippen LogP contribution in [0.5, 0.6) is 0 Å². The maximum atomic E-state index is 12.5. The Hall–Kier alpha value is -2.70. The number of fused-ring (bicyclic) bond motifs is 1. The number of hydrogen-bond acceptors (Lipinski definition) is 3. The van der Waals surface area contributed by atoms with E-state index in [0.717, 1.165) is 24.3 Å². The first-order valence-corrected chi connectivity index (χ1v) is 9.80. The summed E-state index contributed by atoms with van der Waals surface area (Å²) in [6.45, 7) is 3.70. The molecule has 3 N–H and O–H groups in total. The third-order valence-corrected chi connectivity index (χ3v) is 4.75. The van der Waals surface area contributed by atoms with Gasteiger partial charge in [-0.1, -0.05) is 37.1 Å². The summed E-state index contributed by atoms with van der Waals surface area (Å²) in [5.74, 6) is 0.505. The van der Waals surface area contributed by atoms with Gasteiger partial charge >= 0.3 is 0 Å². The first-order chi connectivity index (χ1) is 13.5.